The maximum atomic E-state index is 13.3. The van der Waals surface area contributed by atoms with E-state index in [1.807, 2.05) is 6.07 Å². The average Bonchev–Trinajstić information content (AvgIpc) is 2.46. The van der Waals surface area contributed by atoms with Gasteiger partial charge in [0.2, 0.25) is 0 Å². The first kappa shape index (κ1) is 14.8. The highest BCUT2D eigenvalue weighted by atomic mass is 35.5. The van der Waals surface area contributed by atoms with E-state index >= 15 is 0 Å². The van der Waals surface area contributed by atoms with Crippen molar-refractivity contribution >= 4 is 23.2 Å². The minimum atomic E-state index is -0.535. The van der Waals surface area contributed by atoms with E-state index in [2.05, 4.69) is 5.32 Å². The van der Waals surface area contributed by atoms with Crippen LogP contribution in [0.15, 0.2) is 42.5 Å². The number of hydrogen-bond donors (Lipinski definition) is 1. The molecular formula is C15H10ClFN2O2. The second-order valence-electron chi connectivity index (χ2n) is 4.07. The van der Waals surface area contributed by atoms with E-state index in [1.54, 1.807) is 12.1 Å². The predicted molar refractivity (Wildman–Crippen MR) is 76.7 cm³/mol. The lowest BCUT2D eigenvalue weighted by molar-refractivity contribution is -0.118. The molecule has 6 heteroatoms. The van der Waals surface area contributed by atoms with Crippen molar-refractivity contribution < 1.29 is 13.9 Å². The fourth-order valence-corrected chi connectivity index (χ4v) is 1.81. The van der Waals surface area contributed by atoms with Crippen LogP contribution in [0.4, 0.5) is 10.1 Å². The minimum Gasteiger partial charge on any atom is -0.481 e. The summed E-state index contributed by atoms with van der Waals surface area (Å²) in [5.41, 5.74) is 0.749. The van der Waals surface area contributed by atoms with Gasteiger partial charge in [0.15, 0.2) is 18.2 Å². The maximum Gasteiger partial charge on any atom is 0.262 e. The number of halogens is 2. The van der Waals surface area contributed by atoms with Crippen molar-refractivity contribution in [2.45, 2.75) is 0 Å². The van der Waals surface area contributed by atoms with E-state index in [0.29, 0.717) is 11.3 Å². The maximum absolute atomic E-state index is 13.3. The van der Waals surface area contributed by atoms with Crippen molar-refractivity contribution in [1.29, 1.82) is 5.26 Å². The predicted octanol–water partition coefficient (Wildman–Crippen LogP) is 3.37. The van der Waals surface area contributed by atoms with Crippen LogP contribution in [0.2, 0.25) is 5.02 Å². The lowest BCUT2D eigenvalue weighted by Gasteiger charge is -2.08. The molecule has 106 valence electrons. The molecule has 0 atom stereocenters. The minimum absolute atomic E-state index is 0.00510. The number of amides is 1. The average molecular weight is 305 g/mol. The lowest BCUT2D eigenvalue weighted by atomic mass is 10.2. The molecule has 0 radical (unpaired) electrons. The van der Waals surface area contributed by atoms with Gasteiger partial charge in [-0.25, -0.2) is 4.39 Å². The van der Waals surface area contributed by atoms with Crippen molar-refractivity contribution in [2.75, 3.05) is 11.9 Å². The van der Waals surface area contributed by atoms with Crippen LogP contribution in [0.25, 0.3) is 0 Å². The number of carbonyl (C=O) groups is 1. The van der Waals surface area contributed by atoms with E-state index in [0.717, 1.165) is 0 Å². The smallest absolute Gasteiger partial charge is 0.262 e. The van der Waals surface area contributed by atoms with Gasteiger partial charge in [-0.3, -0.25) is 4.79 Å². The van der Waals surface area contributed by atoms with Gasteiger partial charge in [0.05, 0.1) is 10.6 Å². The molecule has 0 heterocycles. The fraction of sp³-hybridized carbons (Fsp3) is 0.0667. The summed E-state index contributed by atoms with van der Waals surface area (Å²) < 4.78 is 18.4. The molecular weight excluding hydrogens is 295 g/mol. The van der Waals surface area contributed by atoms with E-state index in [9.17, 15) is 9.18 Å². The van der Waals surface area contributed by atoms with Crippen LogP contribution in [0.1, 0.15) is 5.56 Å². The molecule has 2 rings (SSSR count). The second kappa shape index (κ2) is 6.73. The van der Waals surface area contributed by atoms with Gasteiger partial charge in [-0.2, -0.15) is 5.26 Å². The van der Waals surface area contributed by atoms with Crippen LogP contribution in [0.3, 0.4) is 0 Å². The summed E-state index contributed by atoms with van der Waals surface area (Å²) in [5, 5.41) is 11.5. The molecule has 1 amide bonds. The van der Waals surface area contributed by atoms with Gasteiger partial charge >= 0.3 is 0 Å². The Hall–Kier alpha value is -2.58. The molecule has 0 aliphatic heterocycles. The molecule has 0 fully saturated rings. The first-order valence-corrected chi connectivity index (χ1v) is 6.35. The Morgan fingerprint density at radius 1 is 1.33 bits per heavy atom. The quantitative estimate of drug-likeness (QED) is 0.942. The standard InChI is InChI=1S/C15H10ClFN2O2/c16-12-7-11(6-5-10(12)8-18)19-15(20)9-21-14-4-2-1-3-13(14)17/h1-7H,9H2,(H,19,20). The SMILES string of the molecule is N#Cc1ccc(NC(=O)COc2ccccc2F)cc1Cl. The van der Waals surface area contributed by atoms with Gasteiger partial charge in [0.25, 0.3) is 5.91 Å². The summed E-state index contributed by atoms with van der Waals surface area (Å²) in [6.07, 6.45) is 0. The number of para-hydroxylation sites is 1. The van der Waals surface area contributed by atoms with Crippen LogP contribution in [0, 0.1) is 17.1 Å². The van der Waals surface area contributed by atoms with E-state index in [1.165, 1.54) is 30.3 Å². The molecule has 4 nitrogen and oxygen atoms in total. The summed E-state index contributed by atoms with van der Waals surface area (Å²) in [4.78, 5) is 11.7. The molecule has 21 heavy (non-hydrogen) atoms. The molecule has 0 aliphatic rings. The molecule has 0 spiro atoms. The molecule has 0 aromatic heterocycles. The second-order valence-corrected chi connectivity index (χ2v) is 4.48. The van der Waals surface area contributed by atoms with Crippen LogP contribution >= 0.6 is 11.6 Å². The molecule has 0 saturated heterocycles. The Morgan fingerprint density at radius 2 is 2.10 bits per heavy atom. The summed E-state index contributed by atoms with van der Waals surface area (Å²) in [5.74, 6) is -0.990. The number of nitrogens with one attached hydrogen (secondary N) is 1. The van der Waals surface area contributed by atoms with Crippen LogP contribution < -0.4 is 10.1 Å². The number of benzene rings is 2. The molecule has 1 N–H and O–H groups in total. The largest absolute Gasteiger partial charge is 0.481 e. The van der Waals surface area contributed by atoms with Crippen LogP contribution in [-0.2, 0) is 4.79 Å². The van der Waals surface area contributed by atoms with Crippen molar-refractivity contribution in [3.8, 4) is 11.8 Å². The third kappa shape index (κ3) is 3.94. The Kier molecular flexibility index (Phi) is 4.75. The molecule has 0 bridgehead atoms. The first-order chi connectivity index (χ1) is 10.1. The Morgan fingerprint density at radius 3 is 2.76 bits per heavy atom. The highest BCUT2D eigenvalue weighted by Crippen LogP contribution is 2.20. The van der Waals surface area contributed by atoms with Gasteiger partial charge in [0.1, 0.15) is 6.07 Å². The zero-order valence-electron chi connectivity index (χ0n) is 10.8. The van der Waals surface area contributed by atoms with Gasteiger partial charge < -0.3 is 10.1 Å². The molecule has 0 aliphatic carbocycles. The van der Waals surface area contributed by atoms with Gasteiger partial charge in [-0.05, 0) is 30.3 Å². The van der Waals surface area contributed by atoms with Crippen molar-refractivity contribution in [3.63, 3.8) is 0 Å². The normalized spacial score (nSPS) is 9.76. The molecule has 0 saturated carbocycles. The summed E-state index contributed by atoms with van der Waals surface area (Å²) in [6.45, 7) is -0.335. The Labute approximate surface area is 125 Å². The van der Waals surface area contributed by atoms with Gasteiger partial charge in [0, 0.05) is 5.69 Å². The van der Waals surface area contributed by atoms with Gasteiger partial charge in [-0.15, -0.1) is 0 Å². The number of ether oxygens (including phenoxy) is 1. The zero-order valence-corrected chi connectivity index (χ0v) is 11.5. The number of nitriles is 1. The fourth-order valence-electron chi connectivity index (χ4n) is 1.59. The van der Waals surface area contributed by atoms with Gasteiger partial charge in [-0.1, -0.05) is 23.7 Å². The highest BCUT2D eigenvalue weighted by Gasteiger charge is 2.08. The zero-order chi connectivity index (χ0) is 15.2. The number of rotatable bonds is 4. The van der Waals surface area contributed by atoms with E-state index in [-0.39, 0.29) is 17.4 Å². The summed E-state index contributed by atoms with van der Waals surface area (Å²) in [7, 11) is 0. The Balaban J connectivity index is 1.95. The van der Waals surface area contributed by atoms with Crippen LogP contribution in [-0.4, -0.2) is 12.5 Å². The highest BCUT2D eigenvalue weighted by molar-refractivity contribution is 6.32. The van der Waals surface area contributed by atoms with Crippen LogP contribution in [0.5, 0.6) is 5.75 Å². The van der Waals surface area contributed by atoms with Crippen molar-refractivity contribution in [3.05, 3.63) is 58.9 Å². The Bertz CT molecular complexity index is 713. The first-order valence-electron chi connectivity index (χ1n) is 5.97. The lowest BCUT2D eigenvalue weighted by Crippen LogP contribution is -2.20. The molecule has 2 aromatic carbocycles. The summed E-state index contributed by atoms with van der Waals surface area (Å²) >= 11 is 5.85. The number of hydrogen-bond acceptors (Lipinski definition) is 3. The topological polar surface area (TPSA) is 62.1 Å². The van der Waals surface area contributed by atoms with E-state index < -0.39 is 11.7 Å². The third-order valence-electron chi connectivity index (χ3n) is 2.57. The van der Waals surface area contributed by atoms with Crippen molar-refractivity contribution in [2.24, 2.45) is 0 Å². The van der Waals surface area contributed by atoms with Crippen molar-refractivity contribution in [1.82, 2.24) is 0 Å². The van der Waals surface area contributed by atoms with E-state index in [4.69, 9.17) is 21.6 Å². The number of anilines is 1. The summed E-state index contributed by atoms with van der Waals surface area (Å²) in [6, 6.07) is 12.2. The molecule has 2 aromatic rings. The third-order valence-corrected chi connectivity index (χ3v) is 2.88. The number of nitrogens with zero attached hydrogens (tertiary/aromatic N) is 1. The molecule has 0 unspecified atom stereocenters. The monoisotopic (exact) mass is 304 g/mol. The number of carbonyl (C=O) groups excluding carboxylic acids is 1.